The van der Waals surface area contributed by atoms with Crippen LogP contribution in [0.1, 0.15) is 36.3 Å². The van der Waals surface area contributed by atoms with Crippen molar-refractivity contribution < 1.29 is 9.90 Å². The number of aromatic nitrogens is 3. The maximum absolute atomic E-state index is 13.5. The molecule has 0 aliphatic carbocycles. The number of nitrogens with zero attached hydrogens (tertiary/aromatic N) is 3. The van der Waals surface area contributed by atoms with Crippen LogP contribution in [-0.2, 0) is 0 Å². The Morgan fingerprint density at radius 3 is 2.79 bits per heavy atom. The number of aryl methyl sites for hydroxylation is 1. The van der Waals surface area contributed by atoms with Gasteiger partial charge in [-0.1, -0.05) is 13.8 Å². The van der Waals surface area contributed by atoms with Crippen molar-refractivity contribution in [2.24, 2.45) is 5.92 Å². The molecule has 1 aliphatic heterocycles. The molecule has 152 valence electrons. The minimum atomic E-state index is 0.0113. The van der Waals surface area contributed by atoms with Gasteiger partial charge in [0.1, 0.15) is 5.75 Å². The van der Waals surface area contributed by atoms with Gasteiger partial charge in [0.25, 0.3) is 5.91 Å². The second kappa shape index (κ2) is 7.83. The van der Waals surface area contributed by atoms with E-state index in [1.807, 2.05) is 17.9 Å². The number of carbonyl (C=O) groups is 1. The number of pyridine rings is 1. The number of phenols is 1. The standard InChI is InChI=1S/C22H27N5O2/c1-13(2)10-16-12-27(9-8-23-16)22(29)18-11-19(15-4-6-17(28)7-5-15)24-21-20(18)14(3)25-26-21/h4-7,11,13,16,23,28H,8-10,12H2,1-3H3,(H,24,25,26). The van der Waals surface area contributed by atoms with Crippen LogP contribution in [0.5, 0.6) is 5.75 Å². The van der Waals surface area contributed by atoms with E-state index in [9.17, 15) is 9.90 Å². The van der Waals surface area contributed by atoms with E-state index in [1.165, 1.54) is 0 Å². The molecule has 1 aliphatic rings. The van der Waals surface area contributed by atoms with Gasteiger partial charge in [-0.3, -0.25) is 9.89 Å². The number of amides is 1. The van der Waals surface area contributed by atoms with Gasteiger partial charge in [-0.25, -0.2) is 4.98 Å². The van der Waals surface area contributed by atoms with Gasteiger partial charge < -0.3 is 15.3 Å². The van der Waals surface area contributed by atoms with Gasteiger partial charge in [0.2, 0.25) is 0 Å². The first kappa shape index (κ1) is 19.4. The second-order valence-electron chi connectivity index (χ2n) is 8.17. The summed E-state index contributed by atoms with van der Waals surface area (Å²) >= 11 is 0. The predicted molar refractivity (Wildman–Crippen MR) is 113 cm³/mol. The second-order valence-corrected chi connectivity index (χ2v) is 8.17. The molecule has 29 heavy (non-hydrogen) atoms. The van der Waals surface area contributed by atoms with Crippen molar-refractivity contribution in [1.29, 1.82) is 0 Å². The molecule has 1 atom stereocenters. The fourth-order valence-electron chi connectivity index (χ4n) is 4.04. The molecule has 1 fully saturated rings. The molecular formula is C22H27N5O2. The topological polar surface area (TPSA) is 94.1 Å². The quantitative estimate of drug-likeness (QED) is 0.633. The van der Waals surface area contributed by atoms with E-state index >= 15 is 0 Å². The number of aromatic amines is 1. The Hall–Kier alpha value is -2.93. The van der Waals surface area contributed by atoms with Gasteiger partial charge in [-0.2, -0.15) is 5.10 Å². The largest absolute Gasteiger partial charge is 0.508 e. The van der Waals surface area contributed by atoms with Crippen molar-refractivity contribution in [2.75, 3.05) is 19.6 Å². The van der Waals surface area contributed by atoms with Crippen molar-refractivity contribution in [1.82, 2.24) is 25.4 Å². The highest BCUT2D eigenvalue weighted by molar-refractivity contribution is 6.07. The number of aromatic hydroxyl groups is 1. The Morgan fingerprint density at radius 1 is 1.31 bits per heavy atom. The van der Waals surface area contributed by atoms with Crippen LogP contribution in [0.2, 0.25) is 0 Å². The molecule has 0 bridgehead atoms. The molecule has 1 saturated heterocycles. The maximum atomic E-state index is 13.5. The number of carbonyl (C=O) groups excluding carboxylic acids is 1. The first-order valence-corrected chi connectivity index (χ1v) is 10.1. The highest BCUT2D eigenvalue weighted by Gasteiger charge is 2.27. The number of hydrogen-bond acceptors (Lipinski definition) is 5. The molecule has 2 aromatic heterocycles. The molecule has 1 amide bonds. The molecule has 7 nitrogen and oxygen atoms in total. The summed E-state index contributed by atoms with van der Waals surface area (Å²) in [6.45, 7) is 8.47. The summed E-state index contributed by atoms with van der Waals surface area (Å²) in [7, 11) is 0. The van der Waals surface area contributed by atoms with Crippen LogP contribution in [0.25, 0.3) is 22.3 Å². The van der Waals surface area contributed by atoms with E-state index in [2.05, 4.69) is 34.3 Å². The number of rotatable bonds is 4. The Morgan fingerprint density at radius 2 is 2.07 bits per heavy atom. The summed E-state index contributed by atoms with van der Waals surface area (Å²) in [6, 6.07) is 8.99. The van der Waals surface area contributed by atoms with E-state index in [0.717, 1.165) is 29.6 Å². The molecule has 3 N–H and O–H groups in total. The normalized spacial score (nSPS) is 17.2. The molecular weight excluding hydrogens is 366 g/mol. The van der Waals surface area contributed by atoms with Gasteiger partial charge in [0.15, 0.2) is 5.65 Å². The highest BCUT2D eigenvalue weighted by atomic mass is 16.3. The molecule has 1 aromatic carbocycles. The lowest BCUT2D eigenvalue weighted by Gasteiger charge is -2.34. The van der Waals surface area contributed by atoms with Crippen molar-refractivity contribution in [3.8, 4) is 17.0 Å². The number of piperazine rings is 1. The summed E-state index contributed by atoms with van der Waals surface area (Å²) < 4.78 is 0. The third-order valence-corrected chi connectivity index (χ3v) is 5.40. The third-order valence-electron chi connectivity index (χ3n) is 5.40. The van der Waals surface area contributed by atoms with Gasteiger partial charge in [0, 0.05) is 31.2 Å². The number of H-pyrrole nitrogens is 1. The minimum Gasteiger partial charge on any atom is -0.508 e. The van der Waals surface area contributed by atoms with Crippen LogP contribution in [-0.4, -0.2) is 56.8 Å². The zero-order chi connectivity index (χ0) is 20.5. The lowest BCUT2D eigenvalue weighted by Crippen LogP contribution is -2.53. The Labute approximate surface area is 170 Å². The van der Waals surface area contributed by atoms with Crippen molar-refractivity contribution >= 4 is 16.9 Å². The van der Waals surface area contributed by atoms with Crippen LogP contribution in [0.3, 0.4) is 0 Å². The molecule has 7 heteroatoms. The van der Waals surface area contributed by atoms with E-state index in [1.54, 1.807) is 24.3 Å². The number of benzene rings is 1. The Balaban J connectivity index is 1.72. The molecule has 0 spiro atoms. The van der Waals surface area contributed by atoms with Crippen molar-refractivity contribution in [3.05, 3.63) is 41.6 Å². The van der Waals surface area contributed by atoms with Crippen molar-refractivity contribution in [3.63, 3.8) is 0 Å². The van der Waals surface area contributed by atoms with Crippen LogP contribution >= 0.6 is 0 Å². The summed E-state index contributed by atoms with van der Waals surface area (Å²) in [5.41, 5.74) is 3.50. The van der Waals surface area contributed by atoms with Gasteiger partial charge in [-0.05, 0) is 49.6 Å². The molecule has 0 saturated carbocycles. The van der Waals surface area contributed by atoms with Crippen LogP contribution in [0.15, 0.2) is 30.3 Å². The Kier molecular flexibility index (Phi) is 5.24. The molecule has 1 unspecified atom stereocenters. The fraction of sp³-hybridized carbons (Fsp3) is 0.409. The van der Waals surface area contributed by atoms with E-state index in [-0.39, 0.29) is 11.7 Å². The highest BCUT2D eigenvalue weighted by Crippen LogP contribution is 2.28. The smallest absolute Gasteiger partial charge is 0.254 e. The third kappa shape index (κ3) is 3.96. The number of hydrogen-bond donors (Lipinski definition) is 3. The van der Waals surface area contributed by atoms with E-state index in [0.29, 0.717) is 42.0 Å². The van der Waals surface area contributed by atoms with E-state index in [4.69, 9.17) is 0 Å². The van der Waals surface area contributed by atoms with Gasteiger partial charge in [0.05, 0.1) is 22.3 Å². The fourth-order valence-corrected chi connectivity index (χ4v) is 4.04. The maximum Gasteiger partial charge on any atom is 0.254 e. The van der Waals surface area contributed by atoms with Crippen LogP contribution in [0, 0.1) is 12.8 Å². The average Bonchev–Trinajstić information content (AvgIpc) is 3.08. The SMILES string of the molecule is Cc1n[nH]c2nc(-c3ccc(O)cc3)cc(C(=O)N3CCNC(CC(C)C)C3)c12. The average molecular weight is 393 g/mol. The number of nitrogens with one attached hydrogen (secondary N) is 2. The zero-order valence-electron chi connectivity index (χ0n) is 17.1. The van der Waals surface area contributed by atoms with Gasteiger partial charge >= 0.3 is 0 Å². The molecule has 0 radical (unpaired) electrons. The molecule has 3 aromatic rings. The van der Waals surface area contributed by atoms with Crippen molar-refractivity contribution in [2.45, 2.75) is 33.2 Å². The van der Waals surface area contributed by atoms with Crippen LogP contribution < -0.4 is 5.32 Å². The first-order valence-electron chi connectivity index (χ1n) is 10.1. The minimum absolute atomic E-state index is 0.0113. The zero-order valence-corrected chi connectivity index (χ0v) is 17.1. The Bertz CT molecular complexity index is 1030. The monoisotopic (exact) mass is 393 g/mol. The lowest BCUT2D eigenvalue weighted by molar-refractivity contribution is 0.0696. The first-order chi connectivity index (χ1) is 13.9. The summed E-state index contributed by atoms with van der Waals surface area (Å²) in [5.74, 6) is 0.783. The molecule has 4 rings (SSSR count). The number of phenolic OH excluding ortho intramolecular Hbond substituents is 1. The molecule has 3 heterocycles. The summed E-state index contributed by atoms with van der Waals surface area (Å²) in [4.78, 5) is 20.1. The summed E-state index contributed by atoms with van der Waals surface area (Å²) in [5, 5.41) is 21.1. The summed E-state index contributed by atoms with van der Waals surface area (Å²) in [6.07, 6.45) is 1.04. The number of fused-ring (bicyclic) bond motifs is 1. The van der Waals surface area contributed by atoms with Gasteiger partial charge in [-0.15, -0.1) is 0 Å². The van der Waals surface area contributed by atoms with E-state index < -0.39 is 0 Å². The lowest BCUT2D eigenvalue weighted by atomic mass is 10.0. The predicted octanol–water partition coefficient (Wildman–Crippen LogP) is 3.10. The van der Waals surface area contributed by atoms with Crippen LogP contribution in [0.4, 0.5) is 0 Å².